The van der Waals surface area contributed by atoms with Crippen LogP contribution in [-0.4, -0.2) is 31.6 Å². The third-order valence-corrected chi connectivity index (χ3v) is 2.70. The Hall–Kier alpha value is -1.35. The first-order chi connectivity index (χ1) is 7.54. The van der Waals surface area contributed by atoms with Crippen molar-refractivity contribution in [3.8, 4) is 0 Å². The third-order valence-electron chi connectivity index (χ3n) is 2.70. The lowest BCUT2D eigenvalue weighted by atomic mass is 10.0. The lowest BCUT2D eigenvalue weighted by Crippen LogP contribution is -2.26. The second-order valence-electron chi connectivity index (χ2n) is 4.12. The molecule has 1 aromatic rings. The van der Waals surface area contributed by atoms with Crippen molar-refractivity contribution < 1.29 is 9.53 Å². The molecule has 0 atom stereocenters. The summed E-state index contributed by atoms with van der Waals surface area (Å²) in [5.41, 5.74) is 3.81. The fraction of sp³-hybridized carbons (Fsp3) is 0.462. The third kappa shape index (κ3) is 3.35. The number of hydrogen-bond donors (Lipinski definition) is 0. The molecular weight excluding hydrogens is 202 g/mol. The zero-order chi connectivity index (χ0) is 12.1. The normalized spacial score (nSPS) is 10.6. The van der Waals surface area contributed by atoms with Crippen LogP contribution in [0.4, 0.5) is 0 Å². The molecule has 0 fully saturated rings. The molecule has 0 amide bonds. The molecular formula is C13H19NO2. The Morgan fingerprint density at radius 2 is 1.88 bits per heavy atom. The van der Waals surface area contributed by atoms with Gasteiger partial charge in [-0.1, -0.05) is 18.2 Å². The second-order valence-corrected chi connectivity index (χ2v) is 4.12. The number of carbonyl (C=O) groups excluding carboxylic acids is 1. The van der Waals surface area contributed by atoms with Gasteiger partial charge in [-0.05, 0) is 37.6 Å². The first-order valence-electron chi connectivity index (χ1n) is 5.35. The molecule has 0 saturated heterocycles. The van der Waals surface area contributed by atoms with Crippen molar-refractivity contribution in [1.82, 2.24) is 4.90 Å². The Morgan fingerprint density at radius 3 is 2.38 bits per heavy atom. The summed E-state index contributed by atoms with van der Waals surface area (Å²) in [6.45, 7) is 5.28. The van der Waals surface area contributed by atoms with E-state index in [1.165, 1.54) is 23.8 Å². The van der Waals surface area contributed by atoms with Gasteiger partial charge in [-0.25, -0.2) is 0 Å². The molecule has 0 bridgehead atoms. The fourth-order valence-corrected chi connectivity index (χ4v) is 1.71. The van der Waals surface area contributed by atoms with Gasteiger partial charge in [-0.3, -0.25) is 9.69 Å². The summed E-state index contributed by atoms with van der Waals surface area (Å²) in [6.07, 6.45) is 0. The number of likely N-dealkylation sites (N-methyl/N-ethyl adjacent to an activating group) is 1. The van der Waals surface area contributed by atoms with Gasteiger partial charge >= 0.3 is 5.97 Å². The maximum absolute atomic E-state index is 11.1. The van der Waals surface area contributed by atoms with E-state index >= 15 is 0 Å². The van der Waals surface area contributed by atoms with E-state index in [0.717, 1.165) is 6.54 Å². The average Bonchev–Trinajstić information content (AvgIpc) is 2.23. The highest BCUT2D eigenvalue weighted by Crippen LogP contribution is 2.14. The van der Waals surface area contributed by atoms with E-state index in [9.17, 15) is 4.79 Å². The van der Waals surface area contributed by atoms with Crippen molar-refractivity contribution in [3.63, 3.8) is 0 Å². The number of rotatable bonds is 4. The SMILES string of the molecule is COC(=O)CN(C)Cc1c(C)cccc1C. The number of esters is 1. The second kappa shape index (κ2) is 5.66. The van der Waals surface area contributed by atoms with Crippen molar-refractivity contribution in [1.29, 1.82) is 0 Å². The Labute approximate surface area is 97.0 Å². The van der Waals surface area contributed by atoms with Gasteiger partial charge in [0.1, 0.15) is 0 Å². The molecule has 0 unspecified atom stereocenters. The van der Waals surface area contributed by atoms with E-state index in [-0.39, 0.29) is 5.97 Å². The molecule has 1 rings (SSSR count). The van der Waals surface area contributed by atoms with E-state index < -0.39 is 0 Å². The van der Waals surface area contributed by atoms with E-state index in [4.69, 9.17) is 0 Å². The predicted octanol–water partition coefficient (Wildman–Crippen LogP) is 1.91. The number of carbonyl (C=O) groups is 1. The lowest BCUT2D eigenvalue weighted by molar-refractivity contribution is -0.141. The van der Waals surface area contributed by atoms with E-state index in [1.807, 2.05) is 11.9 Å². The number of methoxy groups -OCH3 is 1. The van der Waals surface area contributed by atoms with Crippen molar-refractivity contribution in [2.24, 2.45) is 0 Å². The first kappa shape index (κ1) is 12.7. The Balaban J connectivity index is 2.69. The molecule has 16 heavy (non-hydrogen) atoms. The van der Waals surface area contributed by atoms with E-state index in [2.05, 4.69) is 36.8 Å². The largest absolute Gasteiger partial charge is 0.468 e. The first-order valence-corrected chi connectivity index (χ1v) is 5.35. The maximum Gasteiger partial charge on any atom is 0.319 e. The molecule has 0 heterocycles. The van der Waals surface area contributed by atoms with Crippen LogP contribution in [0.2, 0.25) is 0 Å². The van der Waals surface area contributed by atoms with Gasteiger partial charge < -0.3 is 4.74 Å². The molecule has 0 aliphatic carbocycles. The van der Waals surface area contributed by atoms with Gasteiger partial charge in [0, 0.05) is 6.54 Å². The van der Waals surface area contributed by atoms with Crippen LogP contribution in [0, 0.1) is 13.8 Å². The number of hydrogen-bond acceptors (Lipinski definition) is 3. The molecule has 0 radical (unpaired) electrons. The minimum Gasteiger partial charge on any atom is -0.468 e. The summed E-state index contributed by atoms with van der Waals surface area (Å²) in [6, 6.07) is 6.23. The zero-order valence-electron chi connectivity index (χ0n) is 10.4. The van der Waals surface area contributed by atoms with Crippen LogP contribution in [0.3, 0.4) is 0 Å². The van der Waals surface area contributed by atoms with Crippen molar-refractivity contribution in [2.75, 3.05) is 20.7 Å². The highest BCUT2D eigenvalue weighted by molar-refractivity contribution is 5.71. The Morgan fingerprint density at radius 1 is 1.31 bits per heavy atom. The monoisotopic (exact) mass is 221 g/mol. The highest BCUT2D eigenvalue weighted by atomic mass is 16.5. The molecule has 3 heteroatoms. The maximum atomic E-state index is 11.1. The van der Waals surface area contributed by atoms with Crippen LogP contribution in [0.25, 0.3) is 0 Å². The van der Waals surface area contributed by atoms with Gasteiger partial charge in [0.15, 0.2) is 0 Å². The highest BCUT2D eigenvalue weighted by Gasteiger charge is 2.09. The molecule has 0 spiro atoms. The zero-order valence-corrected chi connectivity index (χ0v) is 10.4. The van der Waals surface area contributed by atoms with Crippen molar-refractivity contribution in [3.05, 3.63) is 34.9 Å². The van der Waals surface area contributed by atoms with Crippen LogP contribution in [0.5, 0.6) is 0 Å². The predicted molar refractivity (Wildman–Crippen MR) is 64.3 cm³/mol. The van der Waals surface area contributed by atoms with Crippen LogP contribution in [0.1, 0.15) is 16.7 Å². The summed E-state index contributed by atoms with van der Waals surface area (Å²) in [4.78, 5) is 13.1. The summed E-state index contributed by atoms with van der Waals surface area (Å²) >= 11 is 0. The smallest absolute Gasteiger partial charge is 0.319 e. The summed E-state index contributed by atoms with van der Waals surface area (Å²) < 4.78 is 4.64. The standard InChI is InChI=1S/C13H19NO2/c1-10-6-5-7-11(2)12(10)8-14(3)9-13(15)16-4/h5-7H,8-9H2,1-4H3. The molecule has 88 valence electrons. The topological polar surface area (TPSA) is 29.5 Å². The van der Waals surface area contributed by atoms with Gasteiger partial charge in [0.05, 0.1) is 13.7 Å². The van der Waals surface area contributed by atoms with Gasteiger partial charge in [0.2, 0.25) is 0 Å². The summed E-state index contributed by atoms with van der Waals surface area (Å²) in [5.74, 6) is -0.200. The Kier molecular flexibility index (Phi) is 4.50. The molecule has 0 aliphatic heterocycles. The van der Waals surface area contributed by atoms with Crippen LogP contribution >= 0.6 is 0 Å². The van der Waals surface area contributed by atoms with Crippen LogP contribution in [-0.2, 0) is 16.1 Å². The molecule has 1 aromatic carbocycles. The number of benzene rings is 1. The van der Waals surface area contributed by atoms with Gasteiger partial charge in [-0.2, -0.15) is 0 Å². The van der Waals surface area contributed by atoms with Gasteiger partial charge in [-0.15, -0.1) is 0 Å². The fourth-order valence-electron chi connectivity index (χ4n) is 1.71. The number of aryl methyl sites for hydroxylation is 2. The summed E-state index contributed by atoms with van der Waals surface area (Å²) in [7, 11) is 3.33. The quantitative estimate of drug-likeness (QED) is 0.727. The van der Waals surface area contributed by atoms with E-state index in [1.54, 1.807) is 0 Å². The summed E-state index contributed by atoms with van der Waals surface area (Å²) in [5, 5.41) is 0. The lowest BCUT2D eigenvalue weighted by Gasteiger charge is -2.18. The number of ether oxygens (including phenoxy) is 1. The van der Waals surface area contributed by atoms with E-state index in [0.29, 0.717) is 6.54 Å². The molecule has 3 nitrogen and oxygen atoms in total. The van der Waals surface area contributed by atoms with Crippen molar-refractivity contribution >= 4 is 5.97 Å². The van der Waals surface area contributed by atoms with Crippen LogP contribution < -0.4 is 0 Å². The molecule has 0 aliphatic rings. The van der Waals surface area contributed by atoms with Crippen LogP contribution in [0.15, 0.2) is 18.2 Å². The molecule has 0 N–H and O–H groups in total. The minimum atomic E-state index is -0.200. The van der Waals surface area contributed by atoms with Gasteiger partial charge in [0.25, 0.3) is 0 Å². The molecule has 0 aromatic heterocycles. The van der Waals surface area contributed by atoms with Crippen molar-refractivity contribution in [2.45, 2.75) is 20.4 Å². The number of nitrogens with zero attached hydrogens (tertiary/aromatic N) is 1. The Bertz CT molecular complexity index is 354. The minimum absolute atomic E-state index is 0.200. The average molecular weight is 221 g/mol. The molecule has 0 saturated carbocycles.